The van der Waals surface area contributed by atoms with Crippen LogP contribution in [-0.4, -0.2) is 35.1 Å². The molecule has 0 atom stereocenters. The Morgan fingerprint density at radius 2 is 1.92 bits per heavy atom. The lowest BCUT2D eigenvalue weighted by Gasteiger charge is -2.20. The van der Waals surface area contributed by atoms with E-state index in [0.717, 1.165) is 17.0 Å². The summed E-state index contributed by atoms with van der Waals surface area (Å²) in [5, 5.41) is 6.10. The van der Waals surface area contributed by atoms with Crippen LogP contribution in [0.3, 0.4) is 0 Å². The molecule has 25 heavy (non-hydrogen) atoms. The first-order chi connectivity index (χ1) is 11.8. The fourth-order valence-corrected chi connectivity index (χ4v) is 2.39. The van der Waals surface area contributed by atoms with Crippen LogP contribution in [-0.2, 0) is 6.42 Å². The SMILES string of the molecule is COc1ccccc1CCNC(=O)c1cc(C)nc(NC(C)(C)C)n1. The first-order valence-electron chi connectivity index (χ1n) is 8.32. The van der Waals surface area contributed by atoms with Gasteiger partial charge in [-0.2, -0.15) is 0 Å². The maximum Gasteiger partial charge on any atom is 0.270 e. The zero-order valence-electron chi connectivity index (χ0n) is 15.5. The van der Waals surface area contributed by atoms with Gasteiger partial charge in [0, 0.05) is 17.8 Å². The van der Waals surface area contributed by atoms with Gasteiger partial charge in [-0.25, -0.2) is 9.97 Å². The predicted molar refractivity (Wildman–Crippen MR) is 99.2 cm³/mol. The van der Waals surface area contributed by atoms with E-state index in [2.05, 4.69) is 20.6 Å². The largest absolute Gasteiger partial charge is 0.496 e. The van der Waals surface area contributed by atoms with Crippen LogP contribution in [0.25, 0.3) is 0 Å². The van der Waals surface area contributed by atoms with Crippen LogP contribution < -0.4 is 15.4 Å². The summed E-state index contributed by atoms with van der Waals surface area (Å²) in [6.07, 6.45) is 0.687. The van der Waals surface area contributed by atoms with Gasteiger partial charge < -0.3 is 15.4 Å². The van der Waals surface area contributed by atoms with Crippen molar-refractivity contribution in [1.29, 1.82) is 0 Å². The summed E-state index contributed by atoms with van der Waals surface area (Å²) in [5.74, 6) is 1.08. The Bertz CT molecular complexity index is 738. The van der Waals surface area contributed by atoms with Crippen LogP contribution in [0.5, 0.6) is 5.75 Å². The smallest absolute Gasteiger partial charge is 0.270 e. The number of nitrogens with one attached hydrogen (secondary N) is 2. The zero-order valence-corrected chi connectivity index (χ0v) is 15.5. The van der Waals surface area contributed by atoms with Crippen molar-refractivity contribution < 1.29 is 9.53 Å². The van der Waals surface area contributed by atoms with Gasteiger partial charge in [0.25, 0.3) is 5.91 Å². The molecule has 6 nitrogen and oxygen atoms in total. The Balaban J connectivity index is 2.01. The standard InChI is InChI=1S/C19H26N4O2/c1-13-12-15(22-18(21-13)23-19(2,3)4)17(24)20-11-10-14-8-6-7-9-16(14)25-5/h6-9,12H,10-11H2,1-5H3,(H,20,24)(H,21,22,23). The highest BCUT2D eigenvalue weighted by Gasteiger charge is 2.15. The second-order valence-electron chi connectivity index (χ2n) is 6.91. The van der Waals surface area contributed by atoms with Gasteiger partial charge in [0.05, 0.1) is 7.11 Å². The first-order valence-corrected chi connectivity index (χ1v) is 8.32. The van der Waals surface area contributed by atoms with Crippen LogP contribution >= 0.6 is 0 Å². The Labute approximate surface area is 149 Å². The van der Waals surface area contributed by atoms with E-state index in [1.54, 1.807) is 13.2 Å². The molecule has 0 aliphatic heterocycles. The molecule has 2 N–H and O–H groups in total. The van der Waals surface area contributed by atoms with E-state index in [4.69, 9.17) is 4.74 Å². The van der Waals surface area contributed by atoms with Gasteiger partial charge in [-0.15, -0.1) is 0 Å². The normalized spacial score (nSPS) is 11.1. The maximum absolute atomic E-state index is 12.4. The molecule has 2 aromatic rings. The molecule has 134 valence electrons. The van der Waals surface area contributed by atoms with Crippen molar-refractivity contribution in [3.63, 3.8) is 0 Å². The molecule has 1 aromatic carbocycles. The van der Waals surface area contributed by atoms with Crippen LogP contribution in [0.15, 0.2) is 30.3 Å². The van der Waals surface area contributed by atoms with Gasteiger partial charge in [-0.1, -0.05) is 18.2 Å². The minimum atomic E-state index is -0.211. The minimum absolute atomic E-state index is 0.175. The number of nitrogens with zero attached hydrogens (tertiary/aromatic N) is 2. The molecule has 1 heterocycles. The minimum Gasteiger partial charge on any atom is -0.496 e. The highest BCUT2D eigenvalue weighted by molar-refractivity contribution is 5.92. The Hall–Kier alpha value is -2.63. The molecule has 1 amide bonds. The molecule has 6 heteroatoms. The predicted octanol–water partition coefficient (Wildman–Crippen LogP) is 2.98. The van der Waals surface area contributed by atoms with Crippen LogP contribution in [0.1, 0.15) is 42.5 Å². The number of amides is 1. The first kappa shape index (κ1) is 18.7. The van der Waals surface area contributed by atoms with E-state index in [-0.39, 0.29) is 11.4 Å². The van der Waals surface area contributed by atoms with Crippen molar-refractivity contribution in [2.75, 3.05) is 19.0 Å². The molecular weight excluding hydrogens is 316 g/mol. The Morgan fingerprint density at radius 3 is 2.60 bits per heavy atom. The number of carbonyl (C=O) groups is 1. The third kappa shape index (κ3) is 5.74. The molecular formula is C19H26N4O2. The Kier molecular flexibility index (Phi) is 5.96. The van der Waals surface area contributed by atoms with Gasteiger partial charge in [0.2, 0.25) is 5.95 Å². The average Bonchev–Trinajstić information content (AvgIpc) is 2.53. The van der Waals surface area contributed by atoms with Crippen molar-refractivity contribution in [1.82, 2.24) is 15.3 Å². The third-order valence-electron chi connectivity index (χ3n) is 3.45. The summed E-state index contributed by atoms with van der Waals surface area (Å²) >= 11 is 0. The van der Waals surface area contributed by atoms with Crippen LogP contribution in [0.2, 0.25) is 0 Å². The second kappa shape index (κ2) is 7.96. The number of carbonyl (C=O) groups excluding carboxylic acids is 1. The highest BCUT2D eigenvalue weighted by Crippen LogP contribution is 2.17. The lowest BCUT2D eigenvalue weighted by atomic mass is 10.1. The van der Waals surface area contributed by atoms with E-state index < -0.39 is 0 Å². The summed E-state index contributed by atoms with van der Waals surface area (Å²) in [4.78, 5) is 21.1. The lowest BCUT2D eigenvalue weighted by Crippen LogP contribution is -2.30. The molecule has 1 aromatic heterocycles. The summed E-state index contributed by atoms with van der Waals surface area (Å²) in [5.41, 5.74) is 1.99. The number of ether oxygens (including phenoxy) is 1. The number of benzene rings is 1. The summed E-state index contributed by atoms with van der Waals surface area (Å²) in [6, 6.07) is 9.47. The number of anilines is 1. The van der Waals surface area contributed by atoms with Crippen molar-refractivity contribution in [3.05, 3.63) is 47.3 Å². The zero-order chi connectivity index (χ0) is 18.4. The fraction of sp³-hybridized carbons (Fsp3) is 0.421. The van der Waals surface area contributed by atoms with Crippen molar-refractivity contribution in [2.45, 2.75) is 39.7 Å². The summed E-state index contributed by atoms with van der Waals surface area (Å²) < 4.78 is 5.32. The van der Waals surface area contributed by atoms with E-state index in [1.165, 1.54) is 0 Å². The number of aromatic nitrogens is 2. The van der Waals surface area contributed by atoms with Crippen molar-refractivity contribution in [2.24, 2.45) is 0 Å². The number of hydrogen-bond donors (Lipinski definition) is 2. The number of hydrogen-bond acceptors (Lipinski definition) is 5. The second-order valence-corrected chi connectivity index (χ2v) is 6.91. The summed E-state index contributed by atoms with van der Waals surface area (Å²) in [7, 11) is 1.64. The van der Waals surface area contributed by atoms with Crippen molar-refractivity contribution >= 4 is 11.9 Å². The molecule has 0 radical (unpaired) electrons. The molecule has 2 rings (SSSR count). The number of rotatable bonds is 6. The number of aryl methyl sites for hydroxylation is 1. The lowest BCUT2D eigenvalue weighted by molar-refractivity contribution is 0.0949. The molecule has 0 unspecified atom stereocenters. The molecule has 0 saturated carbocycles. The molecule has 0 aliphatic carbocycles. The van der Waals surface area contributed by atoms with Gasteiger partial charge >= 0.3 is 0 Å². The highest BCUT2D eigenvalue weighted by atomic mass is 16.5. The Morgan fingerprint density at radius 1 is 1.20 bits per heavy atom. The fourth-order valence-electron chi connectivity index (χ4n) is 2.39. The third-order valence-corrected chi connectivity index (χ3v) is 3.45. The molecule has 0 saturated heterocycles. The van der Waals surface area contributed by atoms with Gasteiger partial charge in [-0.3, -0.25) is 4.79 Å². The van der Waals surface area contributed by atoms with E-state index in [9.17, 15) is 4.79 Å². The van der Waals surface area contributed by atoms with Crippen molar-refractivity contribution in [3.8, 4) is 5.75 Å². The topological polar surface area (TPSA) is 76.1 Å². The number of methoxy groups -OCH3 is 1. The van der Waals surface area contributed by atoms with Gasteiger partial charge in [0.1, 0.15) is 11.4 Å². The van der Waals surface area contributed by atoms with Gasteiger partial charge in [0.15, 0.2) is 0 Å². The molecule has 0 spiro atoms. The van der Waals surface area contributed by atoms with E-state index in [0.29, 0.717) is 24.6 Å². The maximum atomic E-state index is 12.4. The molecule has 0 bridgehead atoms. The molecule has 0 fully saturated rings. The quantitative estimate of drug-likeness (QED) is 0.844. The average molecular weight is 342 g/mol. The van der Waals surface area contributed by atoms with Crippen LogP contribution in [0.4, 0.5) is 5.95 Å². The monoisotopic (exact) mass is 342 g/mol. The van der Waals surface area contributed by atoms with E-state index in [1.807, 2.05) is 52.0 Å². The van der Waals surface area contributed by atoms with Gasteiger partial charge in [-0.05, 0) is 51.8 Å². The molecule has 0 aliphatic rings. The number of para-hydroxylation sites is 1. The summed E-state index contributed by atoms with van der Waals surface area (Å²) in [6.45, 7) is 8.41. The van der Waals surface area contributed by atoms with E-state index >= 15 is 0 Å². The van der Waals surface area contributed by atoms with Crippen LogP contribution in [0, 0.1) is 6.92 Å².